The highest BCUT2D eigenvalue weighted by atomic mass is 16.6. The van der Waals surface area contributed by atoms with Gasteiger partial charge in [-0.2, -0.15) is 10.5 Å². The molecule has 15 heavy (non-hydrogen) atoms. The van der Waals surface area contributed by atoms with Crippen molar-refractivity contribution in [1.29, 1.82) is 10.5 Å². The van der Waals surface area contributed by atoms with Crippen molar-refractivity contribution in [3.8, 4) is 12.1 Å². The van der Waals surface area contributed by atoms with E-state index in [0.29, 0.717) is 0 Å². The van der Waals surface area contributed by atoms with Crippen molar-refractivity contribution in [3.63, 3.8) is 0 Å². The first-order valence-electron chi connectivity index (χ1n) is 4.18. The maximum Gasteiger partial charge on any atom is 0.306 e. The van der Waals surface area contributed by atoms with Crippen LogP contribution in [0.1, 0.15) is 5.56 Å². The highest BCUT2D eigenvalue weighted by molar-refractivity contribution is 5.35. The predicted octanol–water partition coefficient (Wildman–Crippen LogP) is 2.02. The minimum Gasteiger partial charge on any atom is -0.479 e. The van der Waals surface area contributed by atoms with Gasteiger partial charge < -0.3 is 9.84 Å². The van der Waals surface area contributed by atoms with Crippen molar-refractivity contribution in [2.45, 2.75) is 6.61 Å². The normalized spacial score (nSPS) is 8.40. The summed E-state index contributed by atoms with van der Waals surface area (Å²) in [7, 11) is 0. The van der Waals surface area contributed by atoms with Crippen LogP contribution in [0.4, 0.5) is 0 Å². The van der Waals surface area contributed by atoms with Crippen LogP contribution >= 0.6 is 0 Å². The second kappa shape index (κ2) is 5.31. The van der Waals surface area contributed by atoms with Gasteiger partial charge in [0, 0.05) is 0 Å². The lowest BCUT2D eigenvalue weighted by Crippen LogP contribution is -1.95. The van der Waals surface area contributed by atoms with Crippen LogP contribution in [0.5, 0.6) is 0 Å². The lowest BCUT2D eigenvalue weighted by atomic mass is 10.2. The average Bonchev–Trinajstić information content (AvgIpc) is 2.29. The summed E-state index contributed by atoms with van der Waals surface area (Å²) in [6, 6.07) is 12.2. The van der Waals surface area contributed by atoms with Crippen LogP contribution in [0.2, 0.25) is 0 Å². The van der Waals surface area contributed by atoms with E-state index in [9.17, 15) is 5.11 Å². The fraction of sp³-hybridized carbons (Fsp3) is 0.0909. The number of ether oxygens (including phenoxy) is 1. The number of allylic oxidation sites excluding steroid dienone is 1. The van der Waals surface area contributed by atoms with Gasteiger partial charge in [-0.15, -0.1) is 0 Å². The van der Waals surface area contributed by atoms with Gasteiger partial charge in [0.05, 0.1) is 0 Å². The lowest BCUT2D eigenvalue weighted by molar-refractivity contribution is 0.0811. The number of hydrogen-bond donors (Lipinski definition) is 1. The number of aliphatic hydroxyl groups excluding tert-OH is 1. The van der Waals surface area contributed by atoms with Gasteiger partial charge in [-0.3, -0.25) is 0 Å². The quantitative estimate of drug-likeness (QED) is 0.598. The van der Waals surface area contributed by atoms with Gasteiger partial charge in [0.1, 0.15) is 18.7 Å². The average molecular weight is 200 g/mol. The number of nitrogens with zero attached hydrogens (tertiary/aromatic N) is 2. The van der Waals surface area contributed by atoms with Crippen LogP contribution in [0, 0.1) is 22.7 Å². The molecule has 0 atom stereocenters. The van der Waals surface area contributed by atoms with E-state index in [-0.39, 0.29) is 6.61 Å². The first-order valence-corrected chi connectivity index (χ1v) is 4.18. The Morgan fingerprint density at radius 1 is 1.20 bits per heavy atom. The molecule has 4 heteroatoms. The van der Waals surface area contributed by atoms with Crippen molar-refractivity contribution in [2.75, 3.05) is 0 Å². The molecule has 0 aliphatic heterocycles. The molecule has 1 aromatic carbocycles. The smallest absolute Gasteiger partial charge is 0.306 e. The molecule has 0 bridgehead atoms. The standard InChI is InChI=1S/C11H8N2O2/c12-6-10(7-13)11(14)15-8-9-4-2-1-3-5-9/h1-5,14H,8H2. The van der Waals surface area contributed by atoms with Gasteiger partial charge >= 0.3 is 5.95 Å². The summed E-state index contributed by atoms with van der Waals surface area (Å²) in [6.45, 7) is 0.125. The molecule has 0 saturated carbocycles. The first kappa shape index (κ1) is 10.6. The maximum atomic E-state index is 9.18. The lowest BCUT2D eigenvalue weighted by Gasteiger charge is -2.03. The van der Waals surface area contributed by atoms with Crippen molar-refractivity contribution >= 4 is 0 Å². The Hall–Kier alpha value is -2.46. The van der Waals surface area contributed by atoms with E-state index in [1.165, 1.54) is 12.1 Å². The van der Waals surface area contributed by atoms with Gasteiger partial charge in [0.25, 0.3) is 0 Å². The molecule has 0 radical (unpaired) electrons. The molecule has 0 saturated heterocycles. The number of hydrogen-bond acceptors (Lipinski definition) is 4. The van der Waals surface area contributed by atoms with E-state index in [1.807, 2.05) is 30.3 Å². The Morgan fingerprint density at radius 3 is 2.33 bits per heavy atom. The fourth-order valence-electron chi connectivity index (χ4n) is 0.919. The van der Waals surface area contributed by atoms with E-state index in [2.05, 4.69) is 0 Å². The minimum absolute atomic E-state index is 0.125. The zero-order valence-electron chi connectivity index (χ0n) is 7.84. The van der Waals surface area contributed by atoms with Crippen molar-refractivity contribution in [1.82, 2.24) is 0 Å². The molecule has 4 nitrogen and oxygen atoms in total. The molecule has 0 aliphatic carbocycles. The van der Waals surface area contributed by atoms with Crippen LogP contribution in [-0.4, -0.2) is 5.11 Å². The molecular formula is C11H8N2O2. The predicted molar refractivity (Wildman–Crippen MR) is 52.1 cm³/mol. The van der Waals surface area contributed by atoms with E-state index in [1.54, 1.807) is 0 Å². The van der Waals surface area contributed by atoms with Gasteiger partial charge in [-0.25, -0.2) is 0 Å². The zero-order valence-corrected chi connectivity index (χ0v) is 7.84. The number of aliphatic hydroxyl groups is 1. The van der Waals surface area contributed by atoms with E-state index in [4.69, 9.17) is 15.3 Å². The fourth-order valence-corrected chi connectivity index (χ4v) is 0.919. The van der Waals surface area contributed by atoms with Crippen LogP contribution in [0.15, 0.2) is 41.9 Å². The monoisotopic (exact) mass is 200 g/mol. The molecule has 0 aliphatic rings. The Kier molecular flexibility index (Phi) is 3.76. The summed E-state index contributed by atoms with van der Waals surface area (Å²) in [5, 5.41) is 26.0. The molecule has 74 valence electrons. The second-order valence-electron chi connectivity index (χ2n) is 2.68. The summed E-state index contributed by atoms with van der Waals surface area (Å²) in [4.78, 5) is 0. The number of benzene rings is 1. The topological polar surface area (TPSA) is 77.0 Å². The number of rotatable bonds is 3. The molecule has 0 heterocycles. The Morgan fingerprint density at radius 2 is 1.80 bits per heavy atom. The summed E-state index contributed by atoms with van der Waals surface area (Å²) >= 11 is 0. The summed E-state index contributed by atoms with van der Waals surface area (Å²) < 4.78 is 4.86. The Balaban J connectivity index is 2.64. The first-order chi connectivity index (χ1) is 7.27. The van der Waals surface area contributed by atoms with Crippen LogP contribution < -0.4 is 0 Å². The molecule has 1 rings (SSSR count). The summed E-state index contributed by atoms with van der Waals surface area (Å²) in [5.41, 5.74) is 0.421. The van der Waals surface area contributed by atoms with E-state index >= 15 is 0 Å². The molecular weight excluding hydrogens is 192 g/mol. The molecule has 0 spiro atoms. The molecule has 0 unspecified atom stereocenters. The third-order valence-corrected chi connectivity index (χ3v) is 1.66. The molecule has 0 fully saturated rings. The molecule has 1 N–H and O–H groups in total. The van der Waals surface area contributed by atoms with Crippen LogP contribution in [0.3, 0.4) is 0 Å². The maximum absolute atomic E-state index is 9.18. The SMILES string of the molecule is N#CC(C#N)=C(O)OCc1ccccc1. The number of nitriles is 2. The third-order valence-electron chi connectivity index (χ3n) is 1.66. The van der Waals surface area contributed by atoms with Gasteiger partial charge in [0.15, 0.2) is 0 Å². The third kappa shape index (κ3) is 3.06. The van der Waals surface area contributed by atoms with Gasteiger partial charge in [-0.1, -0.05) is 30.3 Å². The summed E-state index contributed by atoms with van der Waals surface area (Å²) in [6.07, 6.45) is 0. The Labute approximate surface area is 87.3 Å². The molecule has 0 aromatic heterocycles. The second-order valence-corrected chi connectivity index (χ2v) is 2.68. The Bertz CT molecular complexity index is 422. The molecule has 1 aromatic rings. The highest BCUT2D eigenvalue weighted by Crippen LogP contribution is 2.06. The van der Waals surface area contributed by atoms with Gasteiger partial charge in [-0.05, 0) is 5.56 Å². The van der Waals surface area contributed by atoms with Crippen LogP contribution in [-0.2, 0) is 11.3 Å². The van der Waals surface area contributed by atoms with Crippen LogP contribution in [0.25, 0.3) is 0 Å². The van der Waals surface area contributed by atoms with E-state index < -0.39 is 11.5 Å². The van der Waals surface area contributed by atoms with Crippen molar-refractivity contribution < 1.29 is 9.84 Å². The van der Waals surface area contributed by atoms with E-state index in [0.717, 1.165) is 5.56 Å². The zero-order chi connectivity index (χ0) is 11.1. The highest BCUT2D eigenvalue weighted by Gasteiger charge is 2.05. The summed E-state index contributed by atoms with van der Waals surface area (Å²) in [5.74, 6) is -0.635. The molecule has 0 amide bonds. The van der Waals surface area contributed by atoms with Crippen molar-refractivity contribution in [2.24, 2.45) is 0 Å². The minimum atomic E-state index is -0.635. The largest absolute Gasteiger partial charge is 0.479 e. The van der Waals surface area contributed by atoms with Crippen molar-refractivity contribution in [3.05, 3.63) is 47.4 Å². The van der Waals surface area contributed by atoms with Gasteiger partial charge in [0.2, 0.25) is 5.57 Å².